The van der Waals surface area contributed by atoms with Gasteiger partial charge >= 0.3 is 0 Å². The van der Waals surface area contributed by atoms with Crippen molar-refractivity contribution in [2.75, 3.05) is 11.9 Å². The zero-order chi connectivity index (χ0) is 18.7. The van der Waals surface area contributed by atoms with Crippen LogP contribution < -0.4 is 5.32 Å². The monoisotopic (exact) mass is 392 g/mol. The molecule has 1 saturated heterocycles. The number of hydrogen-bond donors (Lipinski definition) is 1. The van der Waals surface area contributed by atoms with Crippen molar-refractivity contribution in [1.82, 2.24) is 14.5 Å². The van der Waals surface area contributed by atoms with E-state index in [1.165, 1.54) is 11.8 Å². The van der Waals surface area contributed by atoms with E-state index in [4.69, 9.17) is 11.6 Å². The minimum atomic E-state index is -0.290. The number of anilines is 1. The lowest BCUT2D eigenvalue weighted by molar-refractivity contribution is -0.138. The number of rotatable bonds is 6. The Kier molecular flexibility index (Phi) is 5.63. The summed E-state index contributed by atoms with van der Waals surface area (Å²) in [6, 6.07) is 5.21. The predicted octanol–water partition coefficient (Wildman–Crippen LogP) is 2.70. The molecular weight excluding hydrogens is 376 g/mol. The van der Waals surface area contributed by atoms with Gasteiger partial charge in [0.25, 0.3) is 0 Å². The number of nitrogens with one attached hydrogen (secondary N) is 1. The maximum atomic E-state index is 12.3. The molecule has 3 amide bonds. The van der Waals surface area contributed by atoms with Gasteiger partial charge in [-0.05, 0) is 30.0 Å². The molecule has 2 aromatic rings. The molecule has 2 heterocycles. The average Bonchev–Trinajstić information content (AvgIpc) is 3.14. The van der Waals surface area contributed by atoms with Gasteiger partial charge in [0.1, 0.15) is 0 Å². The van der Waals surface area contributed by atoms with Crippen molar-refractivity contribution in [2.45, 2.75) is 29.3 Å². The molecule has 0 bridgehead atoms. The van der Waals surface area contributed by atoms with E-state index in [0.29, 0.717) is 10.7 Å². The second kappa shape index (κ2) is 7.92. The second-order valence-electron chi connectivity index (χ2n) is 5.80. The standard InChI is InChI=1S/C17H17ClN4O3S/c1-21-9-7-19-17(21)26-13-3-2-11(18)10-12(13)20-14(23)6-8-22-15(24)4-5-16(22)25/h2-3,7,9-10H,4-6,8H2,1H3,(H,20,23). The third-order valence-corrected chi connectivity index (χ3v) is 5.30. The van der Waals surface area contributed by atoms with E-state index >= 15 is 0 Å². The van der Waals surface area contributed by atoms with Crippen LogP contribution in [0.15, 0.2) is 40.6 Å². The smallest absolute Gasteiger partial charge is 0.229 e. The van der Waals surface area contributed by atoms with E-state index in [1.54, 1.807) is 18.3 Å². The van der Waals surface area contributed by atoms with Crippen LogP contribution in [-0.4, -0.2) is 38.7 Å². The molecule has 136 valence electrons. The fourth-order valence-corrected chi connectivity index (χ4v) is 3.58. The van der Waals surface area contributed by atoms with Gasteiger partial charge in [0.15, 0.2) is 5.16 Å². The molecule has 1 aliphatic heterocycles. The zero-order valence-corrected chi connectivity index (χ0v) is 15.6. The Morgan fingerprint density at radius 2 is 2.04 bits per heavy atom. The number of benzene rings is 1. The van der Waals surface area contributed by atoms with Crippen LogP contribution >= 0.6 is 23.4 Å². The van der Waals surface area contributed by atoms with Gasteiger partial charge < -0.3 is 9.88 Å². The highest BCUT2D eigenvalue weighted by molar-refractivity contribution is 7.99. The van der Waals surface area contributed by atoms with Crippen molar-refractivity contribution in [3.8, 4) is 0 Å². The number of halogens is 1. The predicted molar refractivity (Wildman–Crippen MR) is 98.0 cm³/mol. The van der Waals surface area contributed by atoms with E-state index < -0.39 is 0 Å². The molecule has 1 aliphatic rings. The molecule has 0 atom stereocenters. The van der Waals surface area contributed by atoms with Crippen LogP contribution in [0.4, 0.5) is 5.69 Å². The van der Waals surface area contributed by atoms with Crippen LogP contribution in [0.2, 0.25) is 5.02 Å². The largest absolute Gasteiger partial charge is 0.329 e. The van der Waals surface area contributed by atoms with E-state index in [0.717, 1.165) is 15.0 Å². The number of aromatic nitrogens is 2. The van der Waals surface area contributed by atoms with Gasteiger partial charge in [-0.2, -0.15) is 0 Å². The van der Waals surface area contributed by atoms with E-state index in [1.807, 2.05) is 23.9 Å². The Bertz CT molecular complexity index is 851. The molecule has 0 aliphatic carbocycles. The molecule has 0 saturated carbocycles. The topological polar surface area (TPSA) is 84.3 Å². The van der Waals surface area contributed by atoms with Crippen molar-refractivity contribution >= 4 is 46.8 Å². The van der Waals surface area contributed by atoms with Gasteiger partial charge in [0.2, 0.25) is 17.7 Å². The van der Waals surface area contributed by atoms with E-state index in [2.05, 4.69) is 10.3 Å². The van der Waals surface area contributed by atoms with Crippen LogP contribution in [0.5, 0.6) is 0 Å². The highest BCUT2D eigenvalue weighted by Gasteiger charge is 2.28. The molecule has 0 spiro atoms. The fraction of sp³-hybridized carbons (Fsp3) is 0.294. The number of carbonyl (C=O) groups is 3. The number of carbonyl (C=O) groups excluding carboxylic acids is 3. The maximum Gasteiger partial charge on any atom is 0.229 e. The third kappa shape index (κ3) is 4.25. The molecule has 1 aromatic heterocycles. The SMILES string of the molecule is Cn1ccnc1Sc1ccc(Cl)cc1NC(=O)CCN1C(=O)CCC1=O. The quantitative estimate of drug-likeness (QED) is 0.764. The van der Waals surface area contributed by atoms with Crippen molar-refractivity contribution in [3.63, 3.8) is 0 Å². The van der Waals surface area contributed by atoms with Crippen molar-refractivity contribution in [2.24, 2.45) is 7.05 Å². The Morgan fingerprint density at radius 3 is 2.69 bits per heavy atom. The molecule has 9 heteroatoms. The summed E-state index contributed by atoms with van der Waals surface area (Å²) >= 11 is 7.46. The lowest BCUT2D eigenvalue weighted by atomic mass is 10.3. The van der Waals surface area contributed by atoms with Crippen molar-refractivity contribution < 1.29 is 14.4 Å². The van der Waals surface area contributed by atoms with Crippen LogP contribution in [-0.2, 0) is 21.4 Å². The first kappa shape index (κ1) is 18.5. The molecule has 1 fully saturated rings. The summed E-state index contributed by atoms with van der Waals surface area (Å²) in [5.41, 5.74) is 0.564. The van der Waals surface area contributed by atoms with Crippen LogP contribution in [0.1, 0.15) is 19.3 Å². The number of imidazole rings is 1. The summed E-state index contributed by atoms with van der Waals surface area (Å²) in [4.78, 5) is 41.7. The number of imide groups is 1. The van der Waals surface area contributed by atoms with Gasteiger partial charge in [0, 0.05) is 55.2 Å². The molecule has 26 heavy (non-hydrogen) atoms. The summed E-state index contributed by atoms with van der Waals surface area (Å²) in [6.07, 6.45) is 4.01. The van der Waals surface area contributed by atoms with Crippen molar-refractivity contribution in [1.29, 1.82) is 0 Å². The zero-order valence-electron chi connectivity index (χ0n) is 14.1. The first-order valence-corrected chi connectivity index (χ1v) is 9.21. The minimum absolute atomic E-state index is 0.0382. The molecule has 1 N–H and O–H groups in total. The third-order valence-electron chi connectivity index (χ3n) is 3.91. The van der Waals surface area contributed by atoms with Gasteiger partial charge in [0.05, 0.1) is 5.69 Å². The summed E-state index contributed by atoms with van der Waals surface area (Å²) in [5.74, 6) is -0.741. The number of aryl methyl sites for hydroxylation is 1. The Labute approximate surface area is 159 Å². The molecular formula is C17H17ClN4O3S. The number of likely N-dealkylation sites (tertiary alicyclic amines) is 1. The average molecular weight is 393 g/mol. The van der Waals surface area contributed by atoms with E-state index in [-0.39, 0.29) is 43.5 Å². The van der Waals surface area contributed by atoms with Crippen LogP contribution in [0, 0.1) is 0 Å². The van der Waals surface area contributed by atoms with Gasteiger partial charge in [-0.1, -0.05) is 11.6 Å². The van der Waals surface area contributed by atoms with Crippen LogP contribution in [0.3, 0.4) is 0 Å². The Morgan fingerprint density at radius 1 is 1.31 bits per heavy atom. The first-order chi connectivity index (χ1) is 12.4. The van der Waals surface area contributed by atoms with Crippen molar-refractivity contribution in [3.05, 3.63) is 35.6 Å². The lowest BCUT2D eigenvalue weighted by Gasteiger charge is -2.14. The summed E-state index contributed by atoms with van der Waals surface area (Å²) in [7, 11) is 1.88. The molecule has 1 aromatic carbocycles. The highest BCUT2D eigenvalue weighted by Crippen LogP contribution is 2.34. The normalized spacial score (nSPS) is 14.2. The lowest BCUT2D eigenvalue weighted by Crippen LogP contribution is -2.32. The molecule has 3 rings (SSSR count). The fourth-order valence-electron chi connectivity index (χ4n) is 2.54. The minimum Gasteiger partial charge on any atom is -0.329 e. The maximum absolute atomic E-state index is 12.3. The van der Waals surface area contributed by atoms with Gasteiger partial charge in [-0.3, -0.25) is 19.3 Å². The van der Waals surface area contributed by atoms with Gasteiger partial charge in [-0.25, -0.2) is 4.98 Å². The number of hydrogen-bond acceptors (Lipinski definition) is 5. The number of amides is 3. The molecule has 7 nitrogen and oxygen atoms in total. The van der Waals surface area contributed by atoms with Gasteiger partial charge in [-0.15, -0.1) is 0 Å². The summed E-state index contributed by atoms with van der Waals surface area (Å²) in [6.45, 7) is 0.0892. The Hall–Kier alpha value is -2.32. The number of nitrogens with zero attached hydrogens (tertiary/aromatic N) is 3. The molecule has 0 radical (unpaired) electrons. The first-order valence-electron chi connectivity index (χ1n) is 8.02. The highest BCUT2D eigenvalue weighted by atomic mass is 35.5. The van der Waals surface area contributed by atoms with Crippen LogP contribution in [0.25, 0.3) is 0 Å². The molecule has 0 unspecified atom stereocenters. The summed E-state index contributed by atoms with van der Waals surface area (Å²) in [5, 5.41) is 4.08. The summed E-state index contributed by atoms with van der Waals surface area (Å²) < 4.78 is 1.87. The van der Waals surface area contributed by atoms with E-state index in [9.17, 15) is 14.4 Å². The Balaban J connectivity index is 1.67. The second-order valence-corrected chi connectivity index (χ2v) is 7.25.